The number of amides is 1. The van der Waals surface area contributed by atoms with Crippen molar-refractivity contribution in [3.05, 3.63) is 0 Å². The molecule has 0 saturated carbocycles. The smallest absolute Gasteiger partial charge is 0.239 e. The third kappa shape index (κ3) is 2.74. The molecule has 3 atom stereocenters. The maximum Gasteiger partial charge on any atom is 0.239 e. The van der Waals surface area contributed by atoms with Gasteiger partial charge in [-0.2, -0.15) is 0 Å². The van der Waals surface area contributed by atoms with Crippen molar-refractivity contribution in [2.24, 2.45) is 11.7 Å². The average molecular weight is 227 g/mol. The molecule has 0 spiro atoms. The van der Waals surface area contributed by atoms with Gasteiger partial charge >= 0.3 is 0 Å². The maximum absolute atomic E-state index is 12.1. The predicted molar refractivity (Wildman–Crippen MR) is 66.1 cm³/mol. The second kappa shape index (κ2) is 5.15. The van der Waals surface area contributed by atoms with Crippen molar-refractivity contribution in [3.8, 4) is 0 Å². The van der Waals surface area contributed by atoms with E-state index < -0.39 is 0 Å². The Morgan fingerprint density at radius 2 is 1.69 bits per heavy atom. The Kier molecular flexibility index (Phi) is 4.33. The molecule has 0 bridgehead atoms. The van der Waals surface area contributed by atoms with Gasteiger partial charge in [-0.05, 0) is 26.8 Å². The highest BCUT2D eigenvalue weighted by Gasteiger charge is 2.32. The number of carbonyl (C=O) groups is 1. The largest absolute Gasteiger partial charge is 0.338 e. The fourth-order valence-electron chi connectivity index (χ4n) is 2.08. The predicted octanol–water partition coefficient (Wildman–Crippen LogP) is 0.521. The van der Waals surface area contributed by atoms with Crippen LogP contribution in [0.25, 0.3) is 0 Å². The number of nitrogens with zero attached hydrogens (tertiary/aromatic N) is 2. The molecule has 0 aromatic rings. The Labute approximate surface area is 98.8 Å². The average Bonchev–Trinajstić information content (AvgIpc) is 2.22. The van der Waals surface area contributed by atoms with Gasteiger partial charge < -0.3 is 10.6 Å². The molecular weight excluding hydrogens is 202 g/mol. The molecule has 0 aromatic carbocycles. The van der Waals surface area contributed by atoms with Crippen molar-refractivity contribution in [2.45, 2.75) is 45.8 Å². The fourth-order valence-corrected chi connectivity index (χ4v) is 2.08. The molecule has 0 radical (unpaired) electrons. The van der Waals surface area contributed by atoms with E-state index in [1.165, 1.54) is 0 Å². The molecule has 94 valence electrons. The van der Waals surface area contributed by atoms with Crippen LogP contribution in [0.15, 0.2) is 0 Å². The van der Waals surface area contributed by atoms with Crippen LogP contribution in [0.5, 0.6) is 0 Å². The first-order valence-electron chi connectivity index (χ1n) is 6.11. The zero-order valence-electron chi connectivity index (χ0n) is 11.1. The van der Waals surface area contributed by atoms with Crippen molar-refractivity contribution in [1.82, 2.24) is 9.80 Å². The van der Waals surface area contributed by atoms with Gasteiger partial charge in [-0.1, -0.05) is 13.8 Å². The minimum atomic E-state index is -0.359. The van der Waals surface area contributed by atoms with Crippen LogP contribution < -0.4 is 5.73 Å². The summed E-state index contributed by atoms with van der Waals surface area (Å²) >= 11 is 0. The van der Waals surface area contributed by atoms with Crippen LogP contribution in [0.3, 0.4) is 0 Å². The Hall–Kier alpha value is -0.610. The minimum Gasteiger partial charge on any atom is -0.338 e. The molecule has 0 aromatic heterocycles. The quantitative estimate of drug-likeness (QED) is 0.748. The fraction of sp³-hybridized carbons (Fsp3) is 0.917. The highest BCUT2D eigenvalue weighted by molar-refractivity contribution is 5.82. The lowest BCUT2D eigenvalue weighted by molar-refractivity contribution is -0.137. The third-order valence-corrected chi connectivity index (χ3v) is 3.67. The molecular formula is C12H25N3O. The molecule has 1 aliphatic heterocycles. The zero-order chi connectivity index (χ0) is 12.5. The number of nitrogens with two attached hydrogens (primary N) is 1. The van der Waals surface area contributed by atoms with Gasteiger partial charge in [0, 0.05) is 25.2 Å². The number of likely N-dealkylation sites (N-methyl/N-ethyl adjacent to an activating group) is 1. The summed E-state index contributed by atoms with van der Waals surface area (Å²) in [4.78, 5) is 16.3. The van der Waals surface area contributed by atoms with E-state index in [-0.39, 0.29) is 17.9 Å². The van der Waals surface area contributed by atoms with Crippen molar-refractivity contribution in [2.75, 3.05) is 20.1 Å². The van der Waals surface area contributed by atoms with Gasteiger partial charge in [0.25, 0.3) is 0 Å². The molecule has 1 heterocycles. The molecule has 4 heteroatoms. The Balaban J connectivity index is 2.65. The SMILES string of the molecule is CC(C)C(N)C(=O)N1CC(C)N(C)C(C)C1. The molecule has 16 heavy (non-hydrogen) atoms. The highest BCUT2D eigenvalue weighted by atomic mass is 16.2. The topological polar surface area (TPSA) is 49.6 Å². The summed E-state index contributed by atoms with van der Waals surface area (Å²) in [6.07, 6.45) is 0. The summed E-state index contributed by atoms with van der Waals surface area (Å²) in [6, 6.07) is 0.460. The summed E-state index contributed by atoms with van der Waals surface area (Å²) in [5, 5.41) is 0. The van der Waals surface area contributed by atoms with Crippen LogP contribution in [-0.2, 0) is 4.79 Å². The van der Waals surface area contributed by atoms with Crippen molar-refractivity contribution in [1.29, 1.82) is 0 Å². The lowest BCUT2D eigenvalue weighted by atomic mass is 10.0. The molecule has 1 amide bonds. The summed E-state index contributed by atoms with van der Waals surface area (Å²) in [7, 11) is 2.11. The second-order valence-corrected chi connectivity index (χ2v) is 5.38. The van der Waals surface area contributed by atoms with E-state index in [0.29, 0.717) is 12.1 Å². The lowest BCUT2D eigenvalue weighted by Gasteiger charge is -2.43. The second-order valence-electron chi connectivity index (χ2n) is 5.38. The Morgan fingerprint density at radius 1 is 1.25 bits per heavy atom. The van der Waals surface area contributed by atoms with Gasteiger partial charge in [0.2, 0.25) is 5.91 Å². The molecule has 1 aliphatic rings. The van der Waals surface area contributed by atoms with Crippen LogP contribution in [0.2, 0.25) is 0 Å². The van der Waals surface area contributed by atoms with Crippen molar-refractivity contribution >= 4 is 5.91 Å². The number of piperazine rings is 1. The molecule has 2 N–H and O–H groups in total. The Morgan fingerprint density at radius 3 is 2.06 bits per heavy atom. The van der Waals surface area contributed by atoms with Gasteiger partial charge in [0.15, 0.2) is 0 Å². The lowest BCUT2D eigenvalue weighted by Crippen LogP contribution is -2.59. The summed E-state index contributed by atoms with van der Waals surface area (Å²) in [5.74, 6) is 0.305. The molecule has 1 saturated heterocycles. The van der Waals surface area contributed by atoms with Crippen LogP contribution in [0.1, 0.15) is 27.7 Å². The van der Waals surface area contributed by atoms with E-state index in [4.69, 9.17) is 5.73 Å². The van der Waals surface area contributed by atoms with Gasteiger partial charge in [-0.3, -0.25) is 9.69 Å². The molecule has 1 fully saturated rings. The molecule has 0 aliphatic carbocycles. The van der Waals surface area contributed by atoms with Crippen LogP contribution in [-0.4, -0.2) is 54.0 Å². The van der Waals surface area contributed by atoms with Gasteiger partial charge in [-0.15, -0.1) is 0 Å². The van der Waals surface area contributed by atoms with E-state index in [9.17, 15) is 4.79 Å². The van der Waals surface area contributed by atoms with Crippen LogP contribution in [0.4, 0.5) is 0 Å². The van der Waals surface area contributed by atoms with Crippen molar-refractivity contribution < 1.29 is 4.79 Å². The maximum atomic E-state index is 12.1. The molecule has 1 rings (SSSR count). The zero-order valence-corrected chi connectivity index (χ0v) is 11.1. The Bertz CT molecular complexity index is 243. The van der Waals surface area contributed by atoms with E-state index >= 15 is 0 Å². The first-order chi connectivity index (χ1) is 7.34. The number of carbonyl (C=O) groups excluding carboxylic acids is 1. The number of rotatable bonds is 2. The van der Waals surface area contributed by atoms with E-state index in [2.05, 4.69) is 25.8 Å². The third-order valence-electron chi connectivity index (χ3n) is 3.67. The standard InChI is InChI=1S/C12H25N3O/c1-8(2)11(13)12(16)15-6-9(3)14(5)10(4)7-15/h8-11H,6-7,13H2,1-5H3. The van der Waals surface area contributed by atoms with Gasteiger partial charge in [0.05, 0.1) is 6.04 Å². The first kappa shape index (κ1) is 13.5. The summed E-state index contributed by atoms with van der Waals surface area (Å²) in [6.45, 7) is 9.87. The van der Waals surface area contributed by atoms with Crippen LogP contribution >= 0.6 is 0 Å². The number of hydrogen-bond acceptors (Lipinski definition) is 3. The number of hydrogen-bond donors (Lipinski definition) is 1. The van der Waals surface area contributed by atoms with E-state index in [1.807, 2.05) is 18.7 Å². The normalized spacial score (nSPS) is 29.6. The van der Waals surface area contributed by atoms with E-state index in [0.717, 1.165) is 13.1 Å². The van der Waals surface area contributed by atoms with Crippen LogP contribution in [0, 0.1) is 5.92 Å². The first-order valence-corrected chi connectivity index (χ1v) is 6.11. The highest BCUT2D eigenvalue weighted by Crippen LogP contribution is 2.15. The van der Waals surface area contributed by atoms with Crippen molar-refractivity contribution in [3.63, 3.8) is 0 Å². The molecule has 3 unspecified atom stereocenters. The van der Waals surface area contributed by atoms with Gasteiger partial charge in [-0.25, -0.2) is 0 Å². The molecule has 4 nitrogen and oxygen atoms in total. The van der Waals surface area contributed by atoms with E-state index in [1.54, 1.807) is 0 Å². The summed E-state index contributed by atoms with van der Waals surface area (Å²) in [5.41, 5.74) is 5.91. The van der Waals surface area contributed by atoms with Gasteiger partial charge in [0.1, 0.15) is 0 Å². The monoisotopic (exact) mass is 227 g/mol. The minimum absolute atomic E-state index is 0.0989. The summed E-state index contributed by atoms with van der Waals surface area (Å²) < 4.78 is 0.